The van der Waals surface area contributed by atoms with Crippen LogP contribution in [0, 0.1) is 17.0 Å². The van der Waals surface area contributed by atoms with E-state index in [9.17, 15) is 14.9 Å². The maximum absolute atomic E-state index is 11.9. The number of nitro benzene ring substituents is 1. The lowest BCUT2D eigenvalue weighted by Crippen LogP contribution is -2.39. The van der Waals surface area contributed by atoms with E-state index in [4.69, 9.17) is 5.11 Å². The van der Waals surface area contributed by atoms with Gasteiger partial charge in [-0.05, 0) is 31.4 Å². The number of hydrogen-bond acceptors (Lipinski definition) is 4. The summed E-state index contributed by atoms with van der Waals surface area (Å²) in [5, 5.41) is 22.6. The molecule has 0 bridgehead atoms. The number of aryl methyl sites for hydroxylation is 1. The van der Waals surface area contributed by atoms with Crippen LogP contribution < -0.4 is 5.32 Å². The van der Waals surface area contributed by atoms with Crippen LogP contribution in [-0.4, -0.2) is 28.1 Å². The lowest BCUT2D eigenvalue weighted by Gasteiger charge is -2.14. The van der Waals surface area contributed by atoms with E-state index in [2.05, 4.69) is 5.32 Å². The molecule has 1 aromatic carbocycles. The Hall–Kier alpha value is -1.95. The van der Waals surface area contributed by atoms with Crippen molar-refractivity contribution in [1.29, 1.82) is 0 Å². The molecule has 1 aliphatic carbocycles. The second kappa shape index (κ2) is 4.38. The van der Waals surface area contributed by atoms with Crippen LogP contribution in [-0.2, 0) is 0 Å². The van der Waals surface area contributed by atoms with E-state index in [0.717, 1.165) is 12.8 Å². The number of benzene rings is 1. The molecule has 0 aliphatic heterocycles. The number of aliphatic hydroxyl groups is 1. The van der Waals surface area contributed by atoms with Gasteiger partial charge in [-0.2, -0.15) is 0 Å². The van der Waals surface area contributed by atoms with Crippen molar-refractivity contribution in [3.8, 4) is 0 Å². The van der Waals surface area contributed by atoms with Crippen molar-refractivity contribution >= 4 is 11.6 Å². The van der Waals surface area contributed by atoms with E-state index in [1.807, 2.05) is 0 Å². The summed E-state index contributed by atoms with van der Waals surface area (Å²) in [5.74, 6) is -0.381. The number of amides is 1. The van der Waals surface area contributed by atoms with Gasteiger partial charge in [0.1, 0.15) is 0 Å². The number of rotatable bonds is 4. The van der Waals surface area contributed by atoms with Crippen LogP contribution in [0.15, 0.2) is 18.2 Å². The fraction of sp³-hybridized carbons (Fsp3) is 0.417. The lowest BCUT2D eigenvalue weighted by molar-refractivity contribution is -0.384. The van der Waals surface area contributed by atoms with Gasteiger partial charge in [0.2, 0.25) is 0 Å². The molecule has 0 aromatic heterocycles. The number of hydrogen-bond donors (Lipinski definition) is 2. The number of nitrogens with one attached hydrogen (secondary N) is 1. The highest BCUT2D eigenvalue weighted by molar-refractivity contribution is 5.95. The van der Waals surface area contributed by atoms with E-state index >= 15 is 0 Å². The summed E-state index contributed by atoms with van der Waals surface area (Å²) in [6, 6.07) is 4.25. The average Bonchev–Trinajstić information content (AvgIpc) is 3.08. The SMILES string of the molecule is Cc1cc(C(=O)NC2(CO)CC2)cc([N+](=O)[O-])c1. The Morgan fingerprint density at radius 3 is 2.67 bits per heavy atom. The first kappa shape index (κ1) is 12.5. The Morgan fingerprint density at radius 1 is 1.50 bits per heavy atom. The molecule has 6 heteroatoms. The molecule has 0 saturated heterocycles. The normalized spacial score (nSPS) is 16.1. The van der Waals surface area contributed by atoms with E-state index in [1.54, 1.807) is 13.0 Å². The first-order valence-corrected chi connectivity index (χ1v) is 5.65. The molecule has 0 atom stereocenters. The zero-order valence-corrected chi connectivity index (χ0v) is 9.97. The standard InChI is InChI=1S/C12H14N2O4/c1-8-4-9(6-10(5-8)14(17)18)11(16)13-12(7-15)2-3-12/h4-6,15H,2-3,7H2,1H3,(H,13,16). The minimum Gasteiger partial charge on any atom is -0.394 e. The van der Waals surface area contributed by atoms with E-state index < -0.39 is 10.5 Å². The van der Waals surface area contributed by atoms with Crippen molar-refractivity contribution in [2.45, 2.75) is 25.3 Å². The molecule has 2 rings (SSSR count). The fourth-order valence-electron chi connectivity index (χ4n) is 1.79. The lowest BCUT2D eigenvalue weighted by atomic mass is 10.1. The van der Waals surface area contributed by atoms with Crippen LogP contribution in [0.3, 0.4) is 0 Å². The number of carbonyl (C=O) groups is 1. The molecule has 1 aromatic rings. The predicted molar refractivity (Wildman–Crippen MR) is 64.4 cm³/mol. The smallest absolute Gasteiger partial charge is 0.270 e. The highest BCUT2D eigenvalue weighted by Gasteiger charge is 2.43. The minimum atomic E-state index is -0.525. The molecule has 1 saturated carbocycles. The summed E-state index contributed by atoms with van der Waals surface area (Å²) in [4.78, 5) is 22.1. The van der Waals surface area contributed by atoms with E-state index in [0.29, 0.717) is 5.56 Å². The van der Waals surface area contributed by atoms with Gasteiger partial charge in [0, 0.05) is 17.7 Å². The Bertz CT molecular complexity index is 509. The van der Waals surface area contributed by atoms with Gasteiger partial charge in [-0.3, -0.25) is 14.9 Å². The van der Waals surface area contributed by atoms with Crippen LogP contribution in [0.5, 0.6) is 0 Å². The molecule has 0 radical (unpaired) electrons. The van der Waals surface area contributed by atoms with Gasteiger partial charge in [-0.1, -0.05) is 0 Å². The average molecular weight is 250 g/mol. The van der Waals surface area contributed by atoms with Crippen molar-refractivity contribution in [2.24, 2.45) is 0 Å². The number of nitro groups is 1. The zero-order chi connectivity index (χ0) is 13.3. The third-order valence-electron chi connectivity index (χ3n) is 3.07. The Labute approximate surface area is 104 Å². The van der Waals surface area contributed by atoms with Gasteiger partial charge < -0.3 is 10.4 Å². The highest BCUT2D eigenvalue weighted by atomic mass is 16.6. The van der Waals surface area contributed by atoms with Crippen LogP contribution in [0.2, 0.25) is 0 Å². The molecule has 1 amide bonds. The summed E-state index contributed by atoms with van der Waals surface area (Å²) < 4.78 is 0. The maximum Gasteiger partial charge on any atom is 0.270 e. The Balaban J connectivity index is 2.22. The zero-order valence-electron chi connectivity index (χ0n) is 9.97. The van der Waals surface area contributed by atoms with Crippen molar-refractivity contribution in [1.82, 2.24) is 5.32 Å². The maximum atomic E-state index is 11.9. The van der Waals surface area contributed by atoms with E-state index in [-0.39, 0.29) is 23.8 Å². The van der Waals surface area contributed by atoms with Crippen LogP contribution in [0.4, 0.5) is 5.69 Å². The first-order chi connectivity index (χ1) is 8.46. The fourth-order valence-corrected chi connectivity index (χ4v) is 1.79. The predicted octanol–water partition coefficient (Wildman–Crippen LogP) is 1.16. The molecule has 6 nitrogen and oxygen atoms in total. The molecule has 0 spiro atoms. The van der Waals surface area contributed by atoms with E-state index in [1.165, 1.54) is 12.1 Å². The number of non-ortho nitro benzene ring substituents is 1. The first-order valence-electron chi connectivity index (χ1n) is 5.65. The van der Waals surface area contributed by atoms with Gasteiger partial charge in [0.25, 0.3) is 11.6 Å². The summed E-state index contributed by atoms with van der Waals surface area (Å²) in [5.41, 5.74) is 0.286. The molecule has 2 N–H and O–H groups in total. The summed E-state index contributed by atoms with van der Waals surface area (Å²) in [6.07, 6.45) is 1.48. The molecular formula is C12H14N2O4. The van der Waals surface area contributed by atoms with Gasteiger partial charge >= 0.3 is 0 Å². The second-order valence-corrected chi connectivity index (χ2v) is 4.71. The highest BCUT2D eigenvalue weighted by Crippen LogP contribution is 2.35. The van der Waals surface area contributed by atoms with Crippen molar-refractivity contribution in [3.63, 3.8) is 0 Å². The third kappa shape index (κ3) is 2.48. The summed E-state index contributed by atoms with van der Waals surface area (Å²) in [7, 11) is 0. The van der Waals surface area contributed by atoms with Gasteiger partial charge in [0.15, 0.2) is 0 Å². The molecule has 18 heavy (non-hydrogen) atoms. The molecule has 96 valence electrons. The largest absolute Gasteiger partial charge is 0.394 e. The molecular weight excluding hydrogens is 236 g/mol. The van der Waals surface area contributed by atoms with Crippen LogP contribution >= 0.6 is 0 Å². The van der Waals surface area contributed by atoms with Gasteiger partial charge in [-0.15, -0.1) is 0 Å². The quantitative estimate of drug-likeness (QED) is 0.619. The Morgan fingerprint density at radius 2 is 2.17 bits per heavy atom. The number of carbonyl (C=O) groups excluding carboxylic acids is 1. The summed E-state index contributed by atoms with van der Waals surface area (Å²) in [6.45, 7) is 1.59. The monoisotopic (exact) mass is 250 g/mol. The van der Waals surface area contributed by atoms with Gasteiger partial charge in [-0.25, -0.2) is 0 Å². The molecule has 0 heterocycles. The van der Waals surface area contributed by atoms with Crippen molar-refractivity contribution < 1.29 is 14.8 Å². The Kier molecular flexibility index (Phi) is 3.04. The van der Waals surface area contributed by atoms with Gasteiger partial charge in [0.05, 0.1) is 17.1 Å². The van der Waals surface area contributed by atoms with Crippen molar-refractivity contribution in [3.05, 3.63) is 39.4 Å². The number of aliphatic hydroxyl groups excluding tert-OH is 1. The summed E-state index contributed by atoms with van der Waals surface area (Å²) >= 11 is 0. The topological polar surface area (TPSA) is 92.5 Å². The second-order valence-electron chi connectivity index (χ2n) is 4.71. The minimum absolute atomic E-state index is 0.103. The number of nitrogens with zero attached hydrogens (tertiary/aromatic N) is 1. The van der Waals surface area contributed by atoms with Crippen LogP contribution in [0.1, 0.15) is 28.8 Å². The third-order valence-corrected chi connectivity index (χ3v) is 3.07. The molecule has 1 fully saturated rings. The molecule has 1 aliphatic rings. The van der Waals surface area contributed by atoms with Crippen molar-refractivity contribution in [2.75, 3.05) is 6.61 Å². The van der Waals surface area contributed by atoms with Crippen LogP contribution in [0.25, 0.3) is 0 Å². The molecule has 0 unspecified atom stereocenters.